The van der Waals surface area contributed by atoms with Crippen molar-refractivity contribution < 1.29 is 14.9 Å². The van der Waals surface area contributed by atoms with Gasteiger partial charge in [0, 0.05) is 18.7 Å². The molecule has 0 aliphatic carbocycles. The Morgan fingerprint density at radius 2 is 1.95 bits per heavy atom. The van der Waals surface area contributed by atoms with Crippen molar-refractivity contribution >= 4 is 0 Å². The van der Waals surface area contributed by atoms with Gasteiger partial charge in [-0.15, -0.1) is 0 Å². The van der Waals surface area contributed by atoms with Gasteiger partial charge in [-0.2, -0.15) is 0 Å². The summed E-state index contributed by atoms with van der Waals surface area (Å²) in [7, 11) is 0. The molecule has 0 fully saturated rings. The first-order valence-electron chi connectivity index (χ1n) is 7.24. The molecule has 22 heavy (non-hydrogen) atoms. The van der Waals surface area contributed by atoms with Gasteiger partial charge in [-0.3, -0.25) is 0 Å². The van der Waals surface area contributed by atoms with Crippen LogP contribution in [0.3, 0.4) is 0 Å². The Balaban J connectivity index is 2.04. The molecule has 0 saturated carbocycles. The summed E-state index contributed by atoms with van der Waals surface area (Å²) in [5.41, 5.74) is 2.02. The van der Waals surface area contributed by atoms with Gasteiger partial charge in [0.05, 0.1) is 0 Å². The second-order valence-corrected chi connectivity index (χ2v) is 4.85. The summed E-state index contributed by atoms with van der Waals surface area (Å²) in [6.45, 7) is 1.96. The first kappa shape index (κ1) is 15.9. The van der Waals surface area contributed by atoms with Crippen molar-refractivity contribution in [2.24, 2.45) is 0 Å². The van der Waals surface area contributed by atoms with Gasteiger partial charge in [-0.05, 0) is 29.7 Å². The van der Waals surface area contributed by atoms with Gasteiger partial charge < -0.3 is 14.9 Å². The van der Waals surface area contributed by atoms with Crippen LogP contribution in [0.2, 0.25) is 0 Å². The molecule has 0 amide bonds. The average molecular weight is 297 g/mol. The second-order valence-electron chi connectivity index (χ2n) is 4.85. The highest BCUT2D eigenvalue weighted by Crippen LogP contribution is 2.30. The van der Waals surface area contributed by atoms with E-state index < -0.39 is 0 Å². The lowest BCUT2D eigenvalue weighted by Gasteiger charge is -2.08. The summed E-state index contributed by atoms with van der Waals surface area (Å²) in [6.07, 6.45) is 4.16. The van der Waals surface area contributed by atoms with E-state index in [1.165, 1.54) is 0 Å². The summed E-state index contributed by atoms with van der Waals surface area (Å²) in [5.74, 6) is 6.33. The van der Waals surface area contributed by atoms with Crippen LogP contribution in [-0.2, 0) is 12.8 Å². The number of hydrogen-bond acceptors (Lipinski definition) is 4. The summed E-state index contributed by atoms with van der Waals surface area (Å²) in [5, 5.41) is 18.6. The van der Waals surface area contributed by atoms with Crippen LogP contribution in [0.25, 0.3) is 0 Å². The van der Waals surface area contributed by atoms with Crippen molar-refractivity contribution in [1.82, 2.24) is 4.98 Å². The fourth-order valence-electron chi connectivity index (χ4n) is 2.00. The van der Waals surface area contributed by atoms with Gasteiger partial charge in [0.15, 0.2) is 11.5 Å². The lowest BCUT2D eigenvalue weighted by Crippen LogP contribution is -1.91. The zero-order chi connectivity index (χ0) is 15.8. The van der Waals surface area contributed by atoms with Crippen LogP contribution in [-0.4, -0.2) is 21.8 Å². The molecule has 2 aromatic rings. The van der Waals surface area contributed by atoms with E-state index in [1.807, 2.05) is 12.1 Å². The molecule has 1 aromatic carbocycles. The van der Waals surface area contributed by atoms with Crippen molar-refractivity contribution in [3.63, 3.8) is 0 Å². The number of benzene rings is 1. The SMILES string of the molecule is CCCc1ccc(Oc2ccc(CC#CCO)cn2)c(O)c1. The van der Waals surface area contributed by atoms with E-state index in [2.05, 4.69) is 23.7 Å². The molecular formula is C18H19NO3. The van der Waals surface area contributed by atoms with Gasteiger partial charge in [-0.1, -0.05) is 37.3 Å². The quantitative estimate of drug-likeness (QED) is 0.833. The number of phenolic OH excluding ortho intramolecular Hbond substituents is 1. The second kappa shape index (κ2) is 8.06. The van der Waals surface area contributed by atoms with E-state index in [9.17, 15) is 5.11 Å². The first-order valence-corrected chi connectivity index (χ1v) is 7.24. The van der Waals surface area contributed by atoms with Crippen molar-refractivity contribution in [3.05, 3.63) is 47.7 Å². The molecule has 1 heterocycles. The molecule has 0 spiro atoms. The van der Waals surface area contributed by atoms with Crippen molar-refractivity contribution in [3.8, 4) is 29.2 Å². The van der Waals surface area contributed by atoms with Crippen molar-refractivity contribution in [1.29, 1.82) is 0 Å². The fraction of sp³-hybridized carbons (Fsp3) is 0.278. The normalized spacial score (nSPS) is 9.91. The average Bonchev–Trinajstić information content (AvgIpc) is 2.52. The third kappa shape index (κ3) is 4.51. The van der Waals surface area contributed by atoms with Crippen molar-refractivity contribution in [2.75, 3.05) is 6.61 Å². The van der Waals surface area contributed by atoms with E-state index in [0.29, 0.717) is 18.1 Å². The van der Waals surface area contributed by atoms with E-state index in [4.69, 9.17) is 9.84 Å². The summed E-state index contributed by atoms with van der Waals surface area (Å²) in [6, 6.07) is 9.00. The zero-order valence-electron chi connectivity index (χ0n) is 12.5. The summed E-state index contributed by atoms with van der Waals surface area (Å²) < 4.78 is 5.59. The maximum absolute atomic E-state index is 9.98. The van der Waals surface area contributed by atoms with Crippen LogP contribution in [0.1, 0.15) is 24.5 Å². The van der Waals surface area contributed by atoms with Crippen LogP contribution in [0.15, 0.2) is 36.5 Å². The topological polar surface area (TPSA) is 62.6 Å². The van der Waals surface area contributed by atoms with Crippen LogP contribution in [0.4, 0.5) is 0 Å². The Kier molecular flexibility index (Phi) is 5.81. The smallest absolute Gasteiger partial charge is 0.219 e. The maximum atomic E-state index is 9.98. The van der Waals surface area contributed by atoms with Crippen LogP contribution >= 0.6 is 0 Å². The summed E-state index contributed by atoms with van der Waals surface area (Å²) >= 11 is 0. The fourth-order valence-corrected chi connectivity index (χ4v) is 2.00. The molecule has 4 heteroatoms. The molecule has 1 aromatic heterocycles. The molecule has 0 radical (unpaired) electrons. The number of nitrogens with zero attached hydrogens (tertiary/aromatic N) is 1. The number of aromatic nitrogens is 1. The Bertz CT molecular complexity index is 669. The molecule has 0 bridgehead atoms. The lowest BCUT2D eigenvalue weighted by atomic mass is 10.1. The van der Waals surface area contributed by atoms with Gasteiger partial charge in [0.2, 0.25) is 5.88 Å². The molecular weight excluding hydrogens is 278 g/mol. The highest BCUT2D eigenvalue weighted by atomic mass is 16.5. The molecule has 4 nitrogen and oxygen atoms in total. The molecule has 2 N–H and O–H groups in total. The van der Waals surface area contributed by atoms with E-state index >= 15 is 0 Å². The summed E-state index contributed by atoms with van der Waals surface area (Å²) in [4.78, 5) is 4.19. The minimum Gasteiger partial charge on any atom is -0.504 e. The predicted molar refractivity (Wildman–Crippen MR) is 85.0 cm³/mol. The predicted octanol–water partition coefficient (Wildman–Crippen LogP) is 3.07. The van der Waals surface area contributed by atoms with E-state index in [1.54, 1.807) is 24.4 Å². The number of aliphatic hydroxyl groups excluding tert-OH is 1. The maximum Gasteiger partial charge on any atom is 0.219 e. The number of ether oxygens (including phenoxy) is 1. The van der Waals surface area contributed by atoms with Crippen LogP contribution in [0, 0.1) is 11.8 Å². The number of pyridine rings is 1. The van der Waals surface area contributed by atoms with Crippen LogP contribution < -0.4 is 4.74 Å². The molecule has 114 valence electrons. The van der Waals surface area contributed by atoms with E-state index in [0.717, 1.165) is 24.0 Å². The number of aryl methyl sites for hydroxylation is 1. The number of aliphatic hydroxyl groups is 1. The zero-order valence-corrected chi connectivity index (χ0v) is 12.5. The molecule has 0 aliphatic rings. The van der Waals surface area contributed by atoms with Crippen LogP contribution in [0.5, 0.6) is 17.4 Å². The third-order valence-electron chi connectivity index (χ3n) is 3.07. The van der Waals surface area contributed by atoms with Gasteiger partial charge >= 0.3 is 0 Å². The highest BCUT2D eigenvalue weighted by molar-refractivity contribution is 5.43. The number of aromatic hydroxyl groups is 1. The Hall–Kier alpha value is -2.51. The Labute approximate surface area is 130 Å². The number of phenols is 1. The Morgan fingerprint density at radius 3 is 2.59 bits per heavy atom. The van der Waals surface area contributed by atoms with Gasteiger partial charge in [0.25, 0.3) is 0 Å². The number of hydrogen-bond donors (Lipinski definition) is 2. The molecule has 0 atom stereocenters. The largest absolute Gasteiger partial charge is 0.504 e. The first-order chi connectivity index (χ1) is 10.7. The molecule has 0 unspecified atom stereocenters. The minimum absolute atomic E-state index is 0.116. The van der Waals surface area contributed by atoms with E-state index in [-0.39, 0.29) is 12.4 Å². The molecule has 0 saturated heterocycles. The highest BCUT2D eigenvalue weighted by Gasteiger charge is 2.06. The monoisotopic (exact) mass is 297 g/mol. The number of rotatable bonds is 5. The standard InChI is InChI=1S/C18H19NO3/c1-2-5-14-7-9-17(16(21)12-14)22-18-10-8-15(13-19-18)6-3-4-11-20/h7-10,12-13,20-21H,2,5-6,11H2,1H3. The van der Waals surface area contributed by atoms with Gasteiger partial charge in [0.1, 0.15) is 6.61 Å². The Morgan fingerprint density at radius 1 is 1.14 bits per heavy atom. The molecule has 0 aliphatic heterocycles. The third-order valence-corrected chi connectivity index (χ3v) is 3.07. The lowest BCUT2D eigenvalue weighted by molar-refractivity contribution is 0.350. The van der Waals surface area contributed by atoms with Gasteiger partial charge in [-0.25, -0.2) is 4.98 Å². The van der Waals surface area contributed by atoms with Crippen molar-refractivity contribution in [2.45, 2.75) is 26.2 Å². The minimum atomic E-state index is -0.137. The molecule has 2 rings (SSSR count).